The van der Waals surface area contributed by atoms with Gasteiger partial charge in [-0.1, -0.05) is 20.8 Å². The highest BCUT2D eigenvalue weighted by Crippen LogP contribution is 2.28. The molecule has 0 aliphatic heterocycles. The van der Waals surface area contributed by atoms with E-state index in [4.69, 9.17) is 5.73 Å². The van der Waals surface area contributed by atoms with Gasteiger partial charge >= 0.3 is 0 Å². The molecule has 0 aromatic carbocycles. The highest BCUT2D eigenvalue weighted by atomic mass is 14.9. The molecule has 2 N–H and O–H groups in total. The zero-order valence-corrected chi connectivity index (χ0v) is 8.49. The van der Waals surface area contributed by atoms with E-state index in [2.05, 4.69) is 30.7 Å². The first-order valence-corrected chi connectivity index (χ1v) is 4.73. The summed E-state index contributed by atoms with van der Waals surface area (Å²) in [6.45, 7) is 6.52. The lowest BCUT2D eigenvalue weighted by molar-refractivity contribution is 0.475. The van der Waals surface area contributed by atoms with Crippen molar-refractivity contribution in [2.24, 2.45) is 5.92 Å². The van der Waals surface area contributed by atoms with Crippen LogP contribution in [0.15, 0.2) is 12.4 Å². The summed E-state index contributed by atoms with van der Waals surface area (Å²) in [4.78, 5) is 8.33. The number of anilines is 1. The van der Waals surface area contributed by atoms with Crippen LogP contribution in [0.5, 0.6) is 0 Å². The van der Waals surface area contributed by atoms with Crippen molar-refractivity contribution in [3.63, 3.8) is 0 Å². The Morgan fingerprint density at radius 3 is 2.38 bits per heavy atom. The summed E-state index contributed by atoms with van der Waals surface area (Å²) in [5.74, 6) is 1.56. The molecule has 1 aromatic heterocycles. The predicted molar refractivity (Wildman–Crippen MR) is 54.3 cm³/mol. The third kappa shape index (κ3) is 2.17. The average Bonchev–Trinajstić information content (AvgIpc) is 2.09. The van der Waals surface area contributed by atoms with Crippen molar-refractivity contribution in [1.82, 2.24) is 9.97 Å². The molecule has 0 radical (unpaired) electrons. The number of nitrogens with zero attached hydrogens (tertiary/aromatic N) is 2. The molecule has 3 nitrogen and oxygen atoms in total. The number of aromatic nitrogens is 2. The lowest BCUT2D eigenvalue weighted by Crippen LogP contribution is -2.11. The molecule has 0 fully saturated rings. The molecule has 1 heterocycles. The second kappa shape index (κ2) is 4.21. The molecule has 72 valence electrons. The Kier molecular flexibility index (Phi) is 3.23. The van der Waals surface area contributed by atoms with Gasteiger partial charge in [0.05, 0.1) is 5.69 Å². The van der Waals surface area contributed by atoms with Gasteiger partial charge in [-0.3, -0.25) is 4.98 Å². The van der Waals surface area contributed by atoms with Gasteiger partial charge in [0.15, 0.2) is 0 Å². The molecule has 0 spiro atoms. The minimum atomic E-state index is 0.425. The third-order valence-corrected chi connectivity index (χ3v) is 2.35. The van der Waals surface area contributed by atoms with Gasteiger partial charge in [-0.2, -0.15) is 0 Å². The zero-order valence-electron chi connectivity index (χ0n) is 8.49. The highest BCUT2D eigenvalue weighted by molar-refractivity contribution is 5.35. The monoisotopic (exact) mass is 179 g/mol. The van der Waals surface area contributed by atoms with E-state index in [0.29, 0.717) is 17.7 Å². The standard InChI is InChI=1S/C10H17N3/c1-4-8(7(2)3)9-10(11)13-6-5-12-9/h5-8H,4H2,1-3H3,(H2,11,13). The quantitative estimate of drug-likeness (QED) is 0.774. The summed E-state index contributed by atoms with van der Waals surface area (Å²) in [5, 5.41) is 0. The first-order chi connectivity index (χ1) is 6.16. The van der Waals surface area contributed by atoms with E-state index >= 15 is 0 Å². The molecule has 1 rings (SSSR count). The molecule has 3 heteroatoms. The lowest BCUT2D eigenvalue weighted by Gasteiger charge is -2.18. The fraction of sp³-hybridized carbons (Fsp3) is 0.600. The molecule has 0 aliphatic rings. The van der Waals surface area contributed by atoms with Crippen LogP contribution in [0.2, 0.25) is 0 Å². The second-order valence-corrected chi connectivity index (χ2v) is 3.59. The summed E-state index contributed by atoms with van der Waals surface area (Å²) in [6.07, 6.45) is 4.39. The Bertz CT molecular complexity index is 271. The van der Waals surface area contributed by atoms with Crippen LogP contribution in [0.25, 0.3) is 0 Å². The Balaban J connectivity index is 2.97. The normalized spacial score (nSPS) is 13.2. The molecular weight excluding hydrogens is 162 g/mol. The maximum absolute atomic E-state index is 5.76. The highest BCUT2D eigenvalue weighted by Gasteiger charge is 2.17. The SMILES string of the molecule is CCC(c1nccnc1N)C(C)C. The molecule has 0 aliphatic carbocycles. The molecule has 0 saturated heterocycles. The van der Waals surface area contributed by atoms with Gasteiger partial charge in [0.1, 0.15) is 5.82 Å². The van der Waals surface area contributed by atoms with Gasteiger partial charge in [0, 0.05) is 18.3 Å². The van der Waals surface area contributed by atoms with Gasteiger partial charge in [-0.05, 0) is 12.3 Å². The second-order valence-electron chi connectivity index (χ2n) is 3.59. The number of hydrogen-bond acceptors (Lipinski definition) is 3. The molecule has 1 aromatic rings. The molecule has 0 bridgehead atoms. The van der Waals surface area contributed by atoms with E-state index in [9.17, 15) is 0 Å². The van der Waals surface area contributed by atoms with Crippen LogP contribution in [0.1, 0.15) is 38.8 Å². The van der Waals surface area contributed by atoms with Crippen LogP contribution in [-0.4, -0.2) is 9.97 Å². The van der Waals surface area contributed by atoms with Crippen molar-refractivity contribution in [1.29, 1.82) is 0 Å². The molecular formula is C10H17N3. The van der Waals surface area contributed by atoms with E-state index in [-0.39, 0.29) is 0 Å². The third-order valence-electron chi connectivity index (χ3n) is 2.35. The van der Waals surface area contributed by atoms with E-state index in [1.54, 1.807) is 12.4 Å². The van der Waals surface area contributed by atoms with Crippen LogP contribution in [0, 0.1) is 5.92 Å². The van der Waals surface area contributed by atoms with Crippen molar-refractivity contribution in [2.75, 3.05) is 5.73 Å². The fourth-order valence-electron chi connectivity index (χ4n) is 1.63. The van der Waals surface area contributed by atoms with Gasteiger partial charge in [0.2, 0.25) is 0 Å². The minimum absolute atomic E-state index is 0.425. The van der Waals surface area contributed by atoms with Crippen LogP contribution in [-0.2, 0) is 0 Å². The zero-order chi connectivity index (χ0) is 9.84. The lowest BCUT2D eigenvalue weighted by atomic mass is 9.90. The first-order valence-electron chi connectivity index (χ1n) is 4.73. The Morgan fingerprint density at radius 1 is 1.31 bits per heavy atom. The average molecular weight is 179 g/mol. The van der Waals surface area contributed by atoms with Crippen LogP contribution < -0.4 is 5.73 Å². The van der Waals surface area contributed by atoms with E-state index in [0.717, 1.165) is 12.1 Å². The van der Waals surface area contributed by atoms with Crippen molar-refractivity contribution in [3.05, 3.63) is 18.1 Å². The molecule has 1 unspecified atom stereocenters. The fourth-order valence-corrected chi connectivity index (χ4v) is 1.63. The van der Waals surface area contributed by atoms with E-state index < -0.39 is 0 Å². The topological polar surface area (TPSA) is 51.8 Å². The van der Waals surface area contributed by atoms with Gasteiger partial charge in [-0.15, -0.1) is 0 Å². The van der Waals surface area contributed by atoms with Gasteiger partial charge in [0.25, 0.3) is 0 Å². The maximum Gasteiger partial charge on any atom is 0.145 e. The number of rotatable bonds is 3. The summed E-state index contributed by atoms with van der Waals surface area (Å²) >= 11 is 0. The van der Waals surface area contributed by atoms with Crippen LogP contribution >= 0.6 is 0 Å². The first kappa shape index (κ1) is 9.96. The van der Waals surface area contributed by atoms with Crippen LogP contribution in [0.4, 0.5) is 5.82 Å². The number of hydrogen-bond donors (Lipinski definition) is 1. The molecule has 0 amide bonds. The Morgan fingerprint density at radius 2 is 1.92 bits per heavy atom. The summed E-state index contributed by atoms with van der Waals surface area (Å²) < 4.78 is 0. The summed E-state index contributed by atoms with van der Waals surface area (Å²) in [7, 11) is 0. The predicted octanol–water partition coefficient (Wildman–Crippen LogP) is 2.21. The summed E-state index contributed by atoms with van der Waals surface area (Å²) in [5.41, 5.74) is 6.71. The number of nitrogens with two attached hydrogens (primary N) is 1. The van der Waals surface area contributed by atoms with Crippen molar-refractivity contribution >= 4 is 5.82 Å². The van der Waals surface area contributed by atoms with Crippen molar-refractivity contribution in [2.45, 2.75) is 33.1 Å². The van der Waals surface area contributed by atoms with E-state index in [1.165, 1.54) is 0 Å². The van der Waals surface area contributed by atoms with Crippen molar-refractivity contribution < 1.29 is 0 Å². The van der Waals surface area contributed by atoms with Gasteiger partial charge < -0.3 is 5.73 Å². The Hall–Kier alpha value is -1.12. The maximum atomic E-state index is 5.76. The molecule has 0 saturated carbocycles. The molecule has 13 heavy (non-hydrogen) atoms. The minimum Gasteiger partial charge on any atom is -0.382 e. The largest absolute Gasteiger partial charge is 0.382 e. The Labute approximate surface area is 79.4 Å². The summed E-state index contributed by atoms with van der Waals surface area (Å²) in [6, 6.07) is 0. The van der Waals surface area contributed by atoms with Gasteiger partial charge in [-0.25, -0.2) is 4.98 Å². The van der Waals surface area contributed by atoms with E-state index in [1.807, 2.05) is 0 Å². The number of nitrogen functional groups attached to an aromatic ring is 1. The van der Waals surface area contributed by atoms with Crippen LogP contribution in [0.3, 0.4) is 0 Å². The smallest absolute Gasteiger partial charge is 0.145 e. The molecule has 1 atom stereocenters. The van der Waals surface area contributed by atoms with Crippen molar-refractivity contribution in [3.8, 4) is 0 Å².